The van der Waals surface area contributed by atoms with E-state index in [1.54, 1.807) is 48.6 Å². The van der Waals surface area contributed by atoms with Crippen molar-refractivity contribution in [2.75, 3.05) is 7.05 Å². The Labute approximate surface area is 120 Å². The molecule has 0 radical (unpaired) electrons. The minimum absolute atomic E-state index is 0.160. The van der Waals surface area contributed by atoms with E-state index in [1.807, 2.05) is 0 Å². The minimum atomic E-state index is -0.160. The number of nitrogens with one attached hydrogen (secondary N) is 1. The molecule has 21 heavy (non-hydrogen) atoms. The maximum absolute atomic E-state index is 12.5. The molecule has 1 amide bonds. The Morgan fingerprint density at radius 3 is 3.05 bits per heavy atom. The fraction of sp³-hybridized carbons (Fsp3) is 0.231. The molecule has 0 aliphatic carbocycles. The minimum Gasteiger partial charge on any atom is -0.472 e. The zero-order valence-corrected chi connectivity index (χ0v) is 11.6. The Kier molecular flexibility index (Phi) is 3.27. The number of carbonyl (C=O) groups excluding carboxylic acids is 1. The number of aromatic amines is 1. The van der Waals surface area contributed by atoms with Crippen molar-refractivity contribution in [3.8, 4) is 11.3 Å². The van der Waals surface area contributed by atoms with E-state index in [0.29, 0.717) is 23.6 Å². The number of nitrogens with zero attached hydrogens (tertiary/aromatic N) is 5. The van der Waals surface area contributed by atoms with Crippen LogP contribution in [-0.4, -0.2) is 42.8 Å². The zero-order chi connectivity index (χ0) is 14.8. The fourth-order valence-electron chi connectivity index (χ4n) is 2.02. The first-order valence-electron chi connectivity index (χ1n) is 6.31. The Bertz CT molecular complexity index is 742. The lowest BCUT2D eigenvalue weighted by atomic mass is 10.1. The number of hydrogen-bond acceptors (Lipinski definition) is 5. The highest BCUT2D eigenvalue weighted by Crippen LogP contribution is 2.22. The van der Waals surface area contributed by atoms with Crippen molar-refractivity contribution < 1.29 is 9.21 Å². The standard InChI is InChI=1S/C13H14N6O2/c1-18(6-11-14-8-19(2)17-11)13(20)10-5-15-16-12(10)9-3-4-21-7-9/h3-5,7-8H,6H2,1-2H3,(H,15,16). The Morgan fingerprint density at radius 1 is 1.52 bits per heavy atom. The van der Waals surface area contributed by atoms with E-state index >= 15 is 0 Å². The van der Waals surface area contributed by atoms with Crippen molar-refractivity contribution in [1.29, 1.82) is 0 Å². The highest BCUT2D eigenvalue weighted by atomic mass is 16.3. The quantitative estimate of drug-likeness (QED) is 0.774. The maximum atomic E-state index is 12.5. The molecule has 0 unspecified atom stereocenters. The molecule has 8 nitrogen and oxygen atoms in total. The molecule has 0 fully saturated rings. The topological polar surface area (TPSA) is 92.8 Å². The average Bonchev–Trinajstić information content (AvgIpc) is 3.18. The maximum Gasteiger partial charge on any atom is 0.257 e. The van der Waals surface area contributed by atoms with Crippen molar-refractivity contribution in [3.05, 3.63) is 42.5 Å². The summed E-state index contributed by atoms with van der Waals surface area (Å²) in [5.41, 5.74) is 1.89. The zero-order valence-electron chi connectivity index (χ0n) is 11.6. The molecular weight excluding hydrogens is 272 g/mol. The van der Waals surface area contributed by atoms with Crippen molar-refractivity contribution in [3.63, 3.8) is 0 Å². The molecule has 3 rings (SSSR count). The third-order valence-electron chi connectivity index (χ3n) is 3.05. The second-order valence-corrected chi connectivity index (χ2v) is 4.67. The number of carbonyl (C=O) groups is 1. The number of amides is 1. The van der Waals surface area contributed by atoms with Gasteiger partial charge in [0.1, 0.15) is 6.33 Å². The summed E-state index contributed by atoms with van der Waals surface area (Å²) in [4.78, 5) is 18.2. The van der Waals surface area contributed by atoms with E-state index < -0.39 is 0 Å². The van der Waals surface area contributed by atoms with Gasteiger partial charge in [-0.25, -0.2) is 4.98 Å². The van der Waals surface area contributed by atoms with Gasteiger partial charge in [0.05, 0.1) is 36.5 Å². The first-order valence-corrected chi connectivity index (χ1v) is 6.31. The Hall–Kier alpha value is -2.90. The fourth-order valence-corrected chi connectivity index (χ4v) is 2.02. The first kappa shape index (κ1) is 13.1. The molecule has 3 heterocycles. The van der Waals surface area contributed by atoms with Gasteiger partial charge in [-0.1, -0.05) is 0 Å². The average molecular weight is 286 g/mol. The molecule has 0 aliphatic rings. The molecule has 0 saturated heterocycles. The lowest BCUT2D eigenvalue weighted by Gasteiger charge is -2.14. The number of rotatable bonds is 4. The predicted molar refractivity (Wildman–Crippen MR) is 73.1 cm³/mol. The molecule has 0 spiro atoms. The van der Waals surface area contributed by atoms with Gasteiger partial charge in [0.15, 0.2) is 5.82 Å². The SMILES string of the molecule is CN(Cc1ncn(C)n1)C(=O)c1cn[nH]c1-c1ccoc1. The first-order chi connectivity index (χ1) is 10.1. The van der Waals surface area contributed by atoms with Crippen molar-refractivity contribution in [2.24, 2.45) is 7.05 Å². The largest absolute Gasteiger partial charge is 0.472 e. The third kappa shape index (κ3) is 2.55. The van der Waals surface area contributed by atoms with E-state index in [4.69, 9.17) is 4.42 Å². The second kappa shape index (κ2) is 5.23. The van der Waals surface area contributed by atoms with Crippen LogP contribution < -0.4 is 0 Å². The molecule has 108 valence electrons. The van der Waals surface area contributed by atoms with Crippen molar-refractivity contribution in [2.45, 2.75) is 6.54 Å². The van der Waals surface area contributed by atoms with Crippen LogP contribution >= 0.6 is 0 Å². The van der Waals surface area contributed by atoms with Crippen LogP contribution in [0.25, 0.3) is 11.3 Å². The summed E-state index contributed by atoms with van der Waals surface area (Å²) in [5, 5.41) is 10.9. The molecule has 1 N–H and O–H groups in total. The molecule has 8 heteroatoms. The van der Waals surface area contributed by atoms with Crippen molar-refractivity contribution >= 4 is 5.91 Å². The van der Waals surface area contributed by atoms with Crippen LogP contribution in [0, 0.1) is 0 Å². The van der Waals surface area contributed by atoms with Gasteiger partial charge in [0.25, 0.3) is 5.91 Å². The van der Waals surface area contributed by atoms with E-state index in [-0.39, 0.29) is 5.91 Å². The van der Waals surface area contributed by atoms with Crippen LogP contribution in [0.4, 0.5) is 0 Å². The summed E-state index contributed by atoms with van der Waals surface area (Å²) in [6.07, 6.45) is 6.21. The van der Waals surface area contributed by atoms with Gasteiger partial charge in [0.2, 0.25) is 0 Å². The van der Waals surface area contributed by atoms with Crippen LogP contribution in [0.1, 0.15) is 16.2 Å². The number of aromatic nitrogens is 5. The van der Waals surface area contributed by atoms with Gasteiger partial charge in [-0.2, -0.15) is 10.2 Å². The summed E-state index contributed by atoms with van der Waals surface area (Å²) in [6.45, 7) is 0.329. The van der Waals surface area contributed by atoms with Gasteiger partial charge < -0.3 is 9.32 Å². The molecule has 0 atom stereocenters. The Balaban J connectivity index is 1.81. The summed E-state index contributed by atoms with van der Waals surface area (Å²) in [5.74, 6) is 0.425. The summed E-state index contributed by atoms with van der Waals surface area (Å²) in [7, 11) is 3.48. The predicted octanol–water partition coefficient (Wildman–Crippen LogP) is 1.07. The summed E-state index contributed by atoms with van der Waals surface area (Å²) in [6, 6.07) is 1.77. The van der Waals surface area contributed by atoms with E-state index in [1.165, 1.54) is 6.20 Å². The van der Waals surface area contributed by atoms with Crippen LogP contribution in [0.3, 0.4) is 0 Å². The molecule has 0 saturated carbocycles. The molecule has 0 aromatic carbocycles. The molecule has 3 aromatic rings. The van der Waals surface area contributed by atoms with Crippen LogP contribution in [0.15, 0.2) is 35.5 Å². The van der Waals surface area contributed by atoms with Crippen LogP contribution in [-0.2, 0) is 13.6 Å². The molecule has 0 bridgehead atoms. The van der Waals surface area contributed by atoms with E-state index in [0.717, 1.165) is 5.56 Å². The number of H-pyrrole nitrogens is 1. The van der Waals surface area contributed by atoms with Crippen LogP contribution in [0.2, 0.25) is 0 Å². The lowest BCUT2D eigenvalue weighted by Crippen LogP contribution is -2.27. The van der Waals surface area contributed by atoms with E-state index in [2.05, 4.69) is 20.3 Å². The highest BCUT2D eigenvalue weighted by Gasteiger charge is 2.20. The van der Waals surface area contributed by atoms with Gasteiger partial charge in [0, 0.05) is 19.7 Å². The normalized spacial score (nSPS) is 10.8. The van der Waals surface area contributed by atoms with Gasteiger partial charge in [-0.15, -0.1) is 0 Å². The molecule has 0 aliphatic heterocycles. The third-order valence-corrected chi connectivity index (χ3v) is 3.05. The van der Waals surface area contributed by atoms with Gasteiger partial charge >= 0.3 is 0 Å². The Morgan fingerprint density at radius 2 is 2.38 bits per heavy atom. The van der Waals surface area contributed by atoms with Gasteiger partial charge in [-0.3, -0.25) is 14.6 Å². The molecular formula is C13H14N6O2. The number of aryl methyl sites for hydroxylation is 1. The summed E-state index contributed by atoms with van der Waals surface area (Å²) < 4.78 is 6.64. The summed E-state index contributed by atoms with van der Waals surface area (Å²) >= 11 is 0. The monoisotopic (exact) mass is 286 g/mol. The van der Waals surface area contributed by atoms with Crippen molar-refractivity contribution in [1.82, 2.24) is 29.9 Å². The molecule has 3 aromatic heterocycles. The second-order valence-electron chi connectivity index (χ2n) is 4.67. The van der Waals surface area contributed by atoms with Crippen LogP contribution in [0.5, 0.6) is 0 Å². The number of hydrogen-bond donors (Lipinski definition) is 1. The van der Waals surface area contributed by atoms with Gasteiger partial charge in [-0.05, 0) is 6.07 Å². The smallest absolute Gasteiger partial charge is 0.257 e. The number of furan rings is 1. The van der Waals surface area contributed by atoms with E-state index in [9.17, 15) is 4.79 Å². The highest BCUT2D eigenvalue weighted by molar-refractivity contribution is 5.99. The lowest BCUT2D eigenvalue weighted by molar-refractivity contribution is 0.0782.